The molecule has 0 atom stereocenters. The van der Waals surface area contributed by atoms with Crippen LogP contribution >= 0.6 is 0 Å². The van der Waals surface area contributed by atoms with E-state index >= 15 is 0 Å². The third kappa shape index (κ3) is 5.93. The van der Waals surface area contributed by atoms with Crippen molar-refractivity contribution in [3.63, 3.8) is 0 Å². The van der Waals surface area contributed by atoms with Crippen molar-refractivity contribution in [1.82, 2.24) is 0 Å². The van der Waals surface area contributed by atoms with E-state index in [1.165, 1.54) is 12.1 Å². The van der Waals surface area contributed by atoms with E-state index in [-0.39, 0.29) is 5.56 Å². The highest BCUT2D eigenvalue weighted by Crippen LogP contribution is 2.24. The van der Waals surface area contributed by atoms with Gasteiger partial charge in [-0.25, -0.2) is 4.79 Å². The molecule has 24 heavy (non-hydrogen) atoms. The monoisotopic (exact) mass is 330 g/mol. The number of methoxy groups -OCH3 is 1. The van der Waals surface area contributed by atoms with Crippen molar-refractivity contribution in [2.75, 3.05) is 20.3 Å². The predicted octanol–water partition coefficient (Wildman–Crippen LogP) is 3.77. The van der Waals surface area contributed by atoms with Crippen LogP contribution in [0.3, 0.4) is 0 Å². The largest absolute Gasteiger partial charge is 0.493 e. The van der Waals surface area contributed by atoms with Gasteiger partial charge >= 0.3 is 5.97 Å². The lowest BCUT2D eigenvalue weighted by Crippen LogP contribution is -2.03. The summed E-state index contributed by atoms with van der Waals surface area (Å²) in [5.74, 6) is -0.0367. The molecule has 0 saturated carbocycles. The number of ether oxygens (including phenoxy) is 3. The normalized spacial score (nSPS) is 10.4. The van der Waals surface area contributed by atoms with Crippen LogP contribution in [0.4, 0.5) is 0 Å². The molecule has 0 spiro atoms. The molecule has 0 aliphatic carbocycles. The van der Waals surface area contributed by atoms with Crippen LogP contribution in [0.1, 0.15) is 28.8 Å². The van der Waals surface area contributed by atoms with Crippen molar-refractivity contribution < 1.29 is 24.1 Å². The first-order valence-corrected chi connectivity index (χ1v) is 7.86. The van der Waals surface area contributed by atoms with Crippen molar-refractivity contribution in [2.45, 2.75) is 19.4 Å². The molecule has 0 amide bonds. The summed E-state index contributed by atoms with van der Waals surface area (Å²) in [6, 6.07) is 14.4. The number of rotatable bonds is 10. The van der Waals surface area contributed by atoms with Gasteiger partial charge in [0.15, 0.2) is 0 Å². The van der Waals surface area contributed by atoms with Crippen LogP contribution in [0.2, 0.25) is 0 Å². The molecule has 5 nitrogen and oxygen atoms in total. The molecule has 0 aromatic heterocycles. The van der Waals surface area contributed by atoms with E-state index in [9.17, 15) is 9.90 Å². The first kappa shape index (κ1) is 17.8. The molecule has 128 valence electrons. The Balaban J connectivity index is 1.99. The Kier molecular flexibility index (Phi) is 7.11. The highest BCUT2D eigenvalue weighted by molar-refractivity contribution is 5.88. The summed E-state index contributed by atoms with van der Waals surface area (Å²) < 4.78 is 16.3. The van der Waals surface area contributed by atoms with E-state index in [0.29, 0.717) is 31.3 Å². The second kappa shape index (κ2) is 9.57. The Morgan fingerprint density at radius 1 is 0.958 bits per heavy atom. The summed E-state index contributed by atoms with van der Waals surface area (Å²) in [6.45, 7) is 1.56. The minimum atomic E-state index is -1.01. The predicted molar refractivity (Wildman–Crippen MR) is 90.8 cm³/mol. The summed E-state index contributed by atoms with van der Waals surface area (Å²) in [4.78, 5) is 11.3. The molecule has 2 aromatic rings. The number of unbranched alkanes of at least 4 members (excludes halogenated alkanes) is 1. The Labute approximate surface area is 141 Å². The average molecular weight is 330 g/mol. The molecule has 2 rings (SSSR count). The van der Waals surface area contributed by atoms with Gasteiger partial charge in [-0.3, -0.25) is 0 Å². The SMILES string of the molecule is COCCCCOc1cc(OCc2ccccc2)cc(C(=O)O)c1. The summed E-state index contributed by atoms with van der Waals surface area (Å²) >= 11 is 0. The van der Waals surface area contributed by atoms with E-state index in [1.54, 1.807) is 13.2 Å². The molecule has 0 saturated heterocycles. The van der Waals surface area contributed by atoms with Gasteiger partial charge in [-0.2, -0.15) is 0 Å². The maximum atomic E-state index is 11.3. The second-order valence-corrected chi connectivity index (χ2v) is 5.32. The van der Waals surface area contributed by atoms with Crippen LogP contribution in [-0.2, 0) is 11.3 Å². The van der Waals surface area contributed by atoms with Crippen LogP contribution in [0, 0.1) is 0 Å². The van der Waals surface area contributed by atoms with E-state index in [1.807, 2.05) is 30.3 Å². The molecule has 0 bridgehead atoms. The topological polar surface area (TPSA) is 65.0 Å². The molecule has 0 aliphatic heterocycles. The van der Waals surface area contributed by atoms with Crippen LogP contribution < -0.4 is 9.47 Å². The standard InChI is InChI=1S/C19H22O5/c1-22-9-5-6-10-23-17-11-16(19(20)21)12-18(13-17)24-14-15-7-3-2-4-8-15/h2-4,7-8,11-13H,5-6,9-10,14H2,1H3,(H,20,21). The Hall–Kier alpha value is -2.53. The molecule has 0 radical (unpaired) electrons. The summed E-state index contributed by atoms with van der Waals surface area (Å²) in [6.07, 6.45) is 1.73. The Morgan fingerprint density at radius 2 is 1.62 bits per heavy atom. The molecule has 0 heterocycles. The highest BCUT2D eigenvalue weighted by atomic mass is 16.5. The van der Waals surface area contributed by atoms with Gasteiger partial charge in [-0.15, -0.1) is 0 Å². The molecule has 5 heteroatoms. The van der Waals surface area contributed by atoms with Gasteiger partial charge in [-0.05, 0) is 30.5 Å². The molecule has 1 N–H and O–H groups in total. The molecule has 0 unspecified atom stereocenters. The lowest BCUT2D eigenvalue weighted by molar-refractivity contribution is 0.0695. The fraction of sp³-hybridized carbons (Fsp3) is 0.316. The lowest BCUT2D eigenvalue weighted by Gasteiger charge is -2.11. The quantitative estimate of drug-likeness (QED) is 0.672. The van der Waals surface area contributed by atoms with E-state index < -0.39 is 5.97 Å². The maximum absolute atomic E-state index is 11.3. The fourth-order valence-corrected chi connectivity index (χ4v) is 2.14. The number of carboxylic acid groups (broad SMARTS) is 1. The van der Waals surface area contributed by atoms with Crippen molar-refractivity contribution in [2.24, 2.45) is 0 Å². The van der Waals surface area contributed by atoms with Gasteiger partial charge in [0.1, 0.15) is 18.1 Å². The van der Waals surface area contributed by atoms with Crippen molar-refractivity contribution in [3.8, 4) is 11.5 Å². The van der Waals surface area contributed by atoms with Gasteiger partial charge in [0.2, 0.25) is 0 Å². The molecule has 2 aromatic carbocycles. The summed E-state index contributed by atoms with van der Waals surface area (Å²) in [7, 11) is 1.66. The van der Waals surface area contributed by atoms with E-state index in [0.717, 1.165) is 18.4 Å². The fourth-order valence-electron chi connectivity index (χ4n) is 2.14. The van der Waals surface area contributed by atoms with Crippen molar-refractivity contribution in [1.29, 1.82) is 0 Å². The average Bonchev–Trinajstić information content (AvgIpc) is 2.60. The van der Waals surface area contributed by atoms with Crippen LogP contribution in [0.5, 0.6) is 11.5 Å². The van der Waals surface area contributed by atoms with E-state index in [4.69, 9.17) is 14.2 Å². The number of hydrogen-bond acceptors (Lipinski definition) is 4. The first-order valence-electron chi connectivity index (χ1n) is 7.86. The second-order valence-electron chi connectivity index (χ2n) is 5.32. The van der Waals surface area contributed by atoms with Crippen molar-refractivity contribution in [3.05, 3.63) is 59.7 Å². The van der Waals surface area contributed by atoms with E-state index in [2.05, 4.69) is 0 Å². The molecular formula is C19H22O5. The maximum Gasteiger partial charge on any atom is 0.335 e. The number of carboxylic acids is 1. The minimum absolute atomic E-state index is 0.146. The molecule has 0 aliphatic rings. The first-order chi connectivity index (χ1) is 11.7. The summed E-state index contributed by atoms with van der Waals surface area (Å²) in [5.41, 5.74) is 1.16. The highest BCUT2D eigenvalue weighted by Gasteiger charge is 2.09. The number of hydrogen-bond donors (Lipinski definition) is 1. The van der Waals surface area contributed by atoms with Crippen molar-refractivity contribution >= 4 is 5.97 Å². The van der Waals surface area contributed by atoms with Gasteiger partial charge in [-0.1, -0.05) is 30.3 Å². The van der Waals surface area contributed by atoms with Gasteiger partial charge < -0.3 is 19.3 Å². The van der Waals surface area contributed by atoms with Crippen LogP contribution in [0.15, 0.2) is 48.5 Å². The van der Waals surface area contributed by atoms with Gasteiger partial charge in [0.25, 0.3) is 0 Å². The smallest absolute Gasteiger partial charge is 0.335 e. The van der Waals surface area contributed by atoms with Gasteiger partial charge in [0.05, 0.1) is 12.2 Å². The van der Waals surface area contributed by atoms with Gasteiger partial charge in [0, 0.05) is 19.8 Å². The number of aromatic carboxylic acids is 1. The lowest BCUT2D eigenvalue weighted by atomic mass is 10.2. The summed E-state index contributed by atoms with van der Waals surface area (Å²) in [5, 5.41) is 9.23. The minimum Gasteiger partial charge on any atom is -0.493 e. The third-order valence-corrected chi connectivity index (χ3v) is 3.39. The Morgan fingerprint density at radius 3 is 2.29 bits per heavy atom. The molecule has 0 fully saturated rings. The third-order valence-electron chi connectivity index (χ3n) is 3.39. The van der Waals surface area contributed by atoms with Crippen LogP contribution in [0.25, 0.3) is 0 Å². The zero-order valence-corrected chi connectivity index (χ0v) is 13.7. The zero-order valence-electron chi connectivity index (χ0n) is 13.7. The number of benzene rings is 2. The number of carbonyl (C=O) groups is 1. The van der Waals surface area contributed by atoms with Crippen LogP contribution in [-0.4, -0.2) is 31.4 Å². The zero-order chi connectivity index (χ0) is 17.2. The molecular weight excluding hydrogens is 308 g/mol. The Bertz CT molecular complexity index is 639.